The number of allylic oxidation sites excluding steroid dienone is 1. The summed E-state index contributed by atoms with van der Waals surface area (Å²) in [5.74, 6) is 0. The van der Waals surface area contributed by atoms with Crippen molar-refractivity contribution in [2.45, 2.75) is 18.9 Å². The third kappa shape index (κ3) is 4.72. The van der Waals surface area contributed by atoms with E-state index in [-0.39, 0.29) is 11.6 Å². The van der Waals surface area contributed by atoms with Crippen molar-refractivity contribution < 1.29 is 0 Å². The summed E-state index contributed by atoms with van der Waals surface area (Å²) in [6.07, 6.45) is 3.92. The molecule has 4 nitrogen and oxygen atoms in total. The average Bonchev–Trinajstić information content (AvgIpc) is 3.87. The van der Waals surface area contributed by atoms with Crippen LogP contribution in [0, 0.1) is 0 Å². The Balaban J connectivity index is 1.32. The number of hydrogen-bond donors (Lipinski definition) is 0. The molecule has 2 aliphatic rings. The standard InChI is InChI=1S/C41H29N3OS2/c45-40-36(47-41-42-37-32-20-11-10-13-27(32)22-23-33(37)39(44(40)41)35-21-12-24-46-35)26-30-25-34(28-14-4-1-5-15-28)43(31-18-8-3-9-19-31)38(30)29-16-6-2-7-17-29/h1-21,24-26,39H,22-23H2/b36-26+/t39-/m0/s1. The molecule has 1 aliphatic carbocycles. The van der Waals surface area contributed by atoms with E-state index in [0.29, 0.717) is 4.53 Å². The Morgan fingerprint density at radius 3 is 2.19 bits per heavy atom. The first-order valence-electron chi connectivity index (χ1n) is 15.8. The van der Waals surface area contributed by atoms with Gasteiger partial charge >= 0.3 is 0 Å². The highest BCUT2D eigenvalue weighted by Gasteiger charge is 2.33. The van der Waals surface area contributed by atoms with Gasteiger partial charge in [0.15, 0.2) is 4.80 Å². The van der Waals surface area contributed by atoms with Crippen LogP contribution >= 0.6 is 22.7 Å². The minimum absolute atomic E-state index is 0.00490. The molecular formula is C41H29N3OS2. The number of benzene rings is 4. The van der Waals surface area contributed by atoms with Crippen LogP contribution in [0.5, 0.6) is 0 Å². The van der Waals surface area contributed by atoms with Crippen molar-refractivity contribution >= 4 is 34.4 Å². The molecule has 4 heterocycles. The number of hydrogen-bond acceptors (Lipinski definition) is 4. The number of rotatable bonds is 5. The lowest BCUT2D eigenvalue weighted by Gasteiger charge is -2.30. The van der Waals surface area contributed by atoms with Gasteiger partial charge in [-0.25, -0.2) is 4.99 Å². The minimum Gasteiger partial charge on any atom is -0.309 e. The van der Waals surface area contributed by atoms with E-state index in [4.69, 9.17) is 4.99 Å². The lowest BCUT2D eigenvalue weighted by Crippen LogP contribution is -2.38. The number of aryl methyl sites for hydroxylation is 1. The number of fused-ring (bicyclic) bond motifs is 3. The zero-order valence-corrected chi connectivity index (χ0v) is 27.0. The van der Waals surface area contributed by atoms with Crippen molar-refractivity contribution in [1.82, 2.24) is 9.13 Å². The van der Waals surface area contributed by atoms with E-state index in [2.05, 4.69) is 131 Å². The molecule has 226 valence electrons. The average molecular weight is 644 g/mol. The predicted molar refractivity (Wildman–Crippen MR) is 194 cm³/mol. The van der Waals surface area contributed by atoms with Crippen molar-refractivity contribution in [2.24, 2.45) is 4.99 Å². The lowest BCUT2D eigenvalue weighted by molar-refractivity contribution is 0.593. The third-order valence-electron chi connectivity index (χ3n) is 9.13. The Kier molecular flexibility index (Phi) is 6.84. The molecule has 9 rings (SSSR count). The molecule has 0 bridgehead atoms. The van der Waals surface area contributed by atoms with Gasteiger partial charge in [0.2, 0.25) is 0 Å². The van der Waals surface area contributed by atoms with Crippen LogP contribution in [0.1, 0.15) is 34.0 Å². The topological polar surface area (TPSA) is 39.3 Å². The first kappa shape index (κ1) is 28.0. The van der Waals surface area contributed by atoms with E-state index in [9.17, 15) is 4.79 Å². The van der Waals surface area contributed by atoms with E-state index in [1.54, 1.807) is 11.3 Å². The number of thiophene rings is 1. The molecule has 6 heteroatoms. The summed E-state index contributed by atoms with van der Waals surface area (Å²) in [6.45, 7) is 0. The maximum absolute atomic E-state index is 14.6. The quantitative estimate of drug-likeness (QED) is 0.185. The van der Waals surface area contributed by atoms with Crippen molar-refractivity contribution in [3.63, 3.8) is 0 Å². The van der Waals surface area contributed by atoms with Crippen LogP contribution < -0.4 is 14.9 Å². The minimum atomic E-state index is -0.154. The van der Waals surface area contributed by atoms with Crippen LogP contribution in [-0.4, -0.2) is 9.13 Å². The molecule has 0 N–H and O–H groups in total. The van der Waals surface area contributed by atoms with E-state index < -0.39 is 0 Å². The van der Waals surface area contributed by atoms with E-state index in [0.717, 1.165) is 57.1 Å². The second-order valence-corrected chi connectivity index (χ2v) is 13.9. The monoisotopic (exact) mass is 643 g/mol. The number of nitrogens with zero attached hydrogens (tertiary/aromatic N) is 3. The first-order chi connectivity index (χ1) is 23.2. The van der Waals surface area contributed by atoms with E-state index >= 15 is 0 Å². The van der Waals surface area contributed by atoms with E-state index in [1.165, 1.54) is 32.9 Å². The van der Waals surface area contributed by atoms with Gasteiger partial charge in [0.1, 0.15) is 0 Å². The van der Waals surface area contributed by atoms with Gasteiger partial charge in [-0.1, -0.05) is 121 Å². The maximum atomic E-state index is 14.6. The highest BCUT2D eigenvalue weighted by Crippen LogP contribution is 2.42. The number of para-hydroxylation sites is 1. The molecule has 0 saturated carbocycles. The maximum Gasteiger partial charge on any atom is 0.271 e. The lowest BCUT2D eigenvalue weighted by atomic mass is 9.85. The molecule has 1 aliphatic heterocycles. The summed E-state index contributed by atoms with van der Waals surface area (Å²) in [7, 11) is 0. The summed E-state index contributed by atoms with van der Waals surface area (Å²) in [5.41, 5.74) is 11.1. The van der Waals surface area contributed by atoms with Gasteiger partial charge in [-0.05, 0) is 70.8 Å². The zero-order valence-electron chi connectivity index (χ0n) is 25.4. The third-order valence-corrected chi connectivity index (χ3v) is 11.0. The van der Waals surface area contributed by atoms with Gasteiger partial charge in [0.25, 0.3) is 5.56 Å². The summed E-state index contributed by atoms with van der Waals surface area (Å²) < 4.78 is 4.95. The Labute approximate surface area is 280 Å². The molecule has 7 aromatic rings. The van der Waals surface area contributed by atoms with Crippen LogP contribution in [0.25, 0.3) is 40.0 Å². The summed E-state index contributed by atoms with van der Waals surface area (Å²) in [5, 5.41) is 2.10. The highest BCUT2D eigenvalue weighted by molar-refractivity contribution is 7.10. The molecule has 0 saturated heterocycles. The van der Waals surface area contributed by atoms with Gasteiger partial charge in [-0.15, -0.1) is 11.3 Å². The molecule has 0 radical (unpaired) electrons. The Morgan fingerprint density at radius 2 is 1.45 bits per heavy atom. The summed E-state index contributed by atoms with van der Waals surface area (Å²) in [4.78, 5) is 21.7. The fourth-order valence-corrected chi connectivity index (χ4v) is 8.90. The second kappa shape index (κ2) is 11.5. The first-order valence-corrected chi connectivity index (χ1v) is 17.5. The molecule has 47 heavy (non-hydrogen) atoms. The van der Waals surface area contributed by atoms with Crippen LogP contribution in [-0.2, 0) is 6.42 Å². The smallest absolute Gasteiger partial charge is 0.271 e. The zero-order chi connectivity index (χ0) is 31.3. The van der Waals surface area contributed by atoms with Crippen LogP contribution in [0.3, 0.4) is 0 Å². The van der Waals surface area contributed by atoms with Gasteiger partial charge in [-0.3, -0.25) is 9.36 Å². The van der Waals surface area contributed by atoms with Crippen molar-refractivity contribution in [3.8, 4) is 28.2 Å². The van der Waals surface area contributed by atoms with Gasteiger partial charge in [-0.2, -0.15) is 0 Å². The van der Waals surface area contributed by atoms with Crippen LogP contribution in [0.2, 0.25) is 0 Å². The van der Waals surface area contributed by atoms with E-state index in [1.807, 2.05) is 22.8 Å². The molecule has 3 aromatic heterocycles. The highest BCUT2D eigenvalue weighted by atomic mass is 32.1. The number of thiazole rings is 1. The van der Waals surface area contributed by atoms with Crippen molar-refractivity contribution in [1.29, 1.82) is 0 Å². The second-order valence-electron chi connectivity index (χ2n) is 11.9. The molecule has 0 unspecified atom stereocenters. The SMILES string of the molecule is O=c1/c(=C\c2cc(-c3ccccc3)n(-c3ccccc3)c2-c2ccccc2)sc2n1[C@H](c1cccs1)C1=C(N=2)c2ccccc2CC1. The normalized spacial score (nSPS) is 15.6. The summed E-state index contributed by atoms with van der Waals surface area (Å²) >= 11 is 3.20. The van der Waals surface area contributed by atoms with Crippen molar-refractivity contribution in [2.75, 3.05) is 0 Å². The molecule has 1 atom stereocenters. The molecule has 0 amide bonds. The predicted octanol–water partition coefficient (Wildman–Crippen LogP) is 8.50. The molecule has 0 spiro atoms. The van der Waals surface area contributed by atoms with Gasteiger partial charge < -0.3 is 4.57 Å². The van der Waals surface area contributed by atoms with Crippen LogP contribution in [0.4, 0.5) is 0 Å². The molecule has 0 fully saturated rings. The summed E-state index contributed by atoms with van der Waals surface area (Å²) in [6, 6.07) is 46.3. The Morgan fingerprint density at radius 1 is 0.745 bits per heavy atom. The fraction of sp³-hybridized carbons (Fsp3) is 0.0732. The largest absolute Gasteiger partial charge is 0.309 e. The Bertz CT molecular complexity index is 2470. The fourth-order valence-electron chi connectivity index (χ4n) is 7.06. The van der Waals surface area contributed by atoms with Gasteiger partial charge in [0, 0.05) is 21.7 Å². The Hall–Kier alpha value is -5.30. The van der Waals surface area contributed by atoms with Crippen LogP contribution in [0.15, 0.2) is 154 Å². The molecule has 4 aromatic carbocycles. The van der Waals surface area contributed by atoms with Gasteiger partial charge in [0.05, 0.1) is 27.7 Å². The molecular weight excluding hydrogens is 615 g/mol. The number of aromatic nitrogens is 2. The van der Waals surface area contributed by atoms with Crippen molar-refractivity contribution in [3.05, 3.63) is 186 Å².